The quantitative estimate of drug-likeness (QED) is 0.643. The maximum absolute atomic E-state index is 7.28. The monoisotopic (exact) mass is 247 g/mol. The molecule has 0 amide bonds. The highest BCUT2D eigenvalue weighted by atomic mass is 32.1. The summed E-state index contributed by atoms with van der Waals surface area (Å²) in [6, 6.07) is 7.85. The number of rotatable bonds is 4. The van der Waals surface area contributed by atoms with Crippen molar-refractivity contribution in [2.45, 2.75) is 13.5 Å². The number of nitrogens with one attached hydrogen (secondary N) is 1. The molecule has 0 atom stereocenters. The number of nitrogen functional groups attached to an aromatic ring is 1. The molecule has 0 saturated heterocycles. The van der Waals surface area contributed by atoms with E-state index in [-0.39, 0.29) is 5.84 Å². The molecule has 17 heavy (non-hydrogen) atoms. The molecule has 3 N–H and O–H groups in total. The lowest BCUT2D eigenvalue weighted by Crippen LogP contribution is -2.08. The molecule has 2 rings (SSSR count). The van der Waals surface area contributed by atoms with Crippen molar-refractivity contribution < 1.29 is 4.74 Å². The van der Waals surface area contributed by atoms with Crippen LogP contribution < -0.4 is 10.5 Å². The van der Waals surface area contributed by atoms with Crippen LogP contribution >= 0.6 is 11.3 Å². The molecule has 0 aliphatic rings. The van der Waals surface area contributed by atoms with Crippen LogP contribution in [0, 0.1) is 12.3 Å². The fourth-order valence-corrected chi connectivity index (χ4v) is 2.04. The van der Waals surface area contributed by atoms with Gasteiger partial charge in [-0.05, 0) is 24.6 Å². The smallest absolute Gasteiger partial charge is 0.140 e. The second kappa shape index (κ2) is 4.97. The number of nitrogens with two attached hydrogens (primary N) is 1. The van der Waals surface area contributed by atoms with Crippen LogP contribution in [-0.4, -0.2) is 10.8 Å². The summed E-state index contributed by atoms with van der Waals surface area (Å²) in [7, 11) is 0. The molecule has 88 valence electrons. The maximum Gasteiger partial charge on any atom is 0.140 e. The minimum absolute atomic E-state index is 0.0457. The van der Waals surface area contributed by atoms with E-state index in [1.165, 1.54) is 11.3 Å². The van der Waals surface area contributed by atoms with Crippen molar-refractivity contribution in [1.82, 2.24) is 4.98 Å². The lowest BCUT2D eigenvalue weighted by molar-refractivity contribution is 0.305. The van der Waals surface area contributed by atoms with E-state index >= 15 is 0 Å². The minimum atomic E-state index is 0.0457. The number of aromatic nitrogens is 1. The number of hydrogen-bond acceptors (Lipinski definition) is 4. The first-order valence-electron chi connectivity index (χ1n) is 5.14. The Labute approximate surface area is 104 Å². The number of hydrogen-bond donors (Lipinski definition) is 2. The predicted octanol–water partition coefficient (Wildman–Crippen LogP) is 2.31. The third kappa shape index (κ3) is 3.04. The zero-order valence-corrected chi connectivity index (χ0v) is 10.3. The predicted molar refractivity (Wildman–Crippen MR) is 68.6 cm³/mol. The Morgan fingerprint density at radius 3 is 3.00 bits per heavy atom. The average Bonchev–Trinajstić information content (AvgIpc) is 2.75. The highest BCUT2D eigenvalue weighted by molar-refractivity contribution is 7.13. The van der Waals surface area contributed by atoms with Gasteiger partial charge in [0.15, 0.2) is 0 Å². The first-order chi connectivity index (χ1) is 8.15. The Hall–Kier alpha value is -1.88. The first kappa shape index (κ1) is 11.6. The number of benzene rings is 1. The van der Waals surface area contributed by atoms with Gasteiger partial charge in [0.25, 0.3) is 0 Å². The molecule has 0 radical (unpaired) electrons. The van der Waals surface area contributed by atoms with Crippen molar-refractivity contribution in [1.29, 1.82) is 5.41 Å². The van der Waals surface area contributed by atoms with Crippen LogP contribution in [0.3, 0.4) is 0 Å². The van der Waals surface area contributed by atoms with Crippen LogP contribution in [0.1, 0.15) is 15.4 Å². The van der Waals surface area contributed by atoms with Crippen molar-refractivity contribution >= 4 is 17.2 Å². The number of ether oxygens (including phenoxy) is 1. The molecule has 0 aliphatic carbocycles. The summed E-state index contributed by atoms with van der Waals surface area (Å²) in [5, 5.41) is 8.10. The van der Waals surface area contributed by atoms with Crippen molar-refractivity contribution in [3.8, 4) is 5.75 Å². The van der Waals surface area contributed by atoms with Crippen molar-refractivity contribution in [3.05, 3.63) is 45.9 Å². The highest BCUT2D eigenvalue weighted by Gasteiger charge is 2.04. The number of amidine groups is 1. The van der Waals surface area contributed by atoms with E-state index in [2.05, 4.69) is 4.98 Å². The van der Waals surface area contributed by atoms with Gasteiger partial charge in [0, 0.05) is 6.20 Å². The summed E-state index contributed by atoms with van der Waals surface area (Å²) in [5.74, 6) is 0.869. The third-order valence-electron chi connectivity index (χ3n) is 2.17. The number of nitrogens with zero attached hydrogens (tertiary/aromatic N) is 1. The SMILES string of the molecule is Cc1cccc(OCc2ncc(C(=N)N)s2)c1. The lowest BCUT2D eigenvalue weighted by atomic mass is 10.2. The van der Waals surface area contributed by atoms with Crippen LogP contribution in [0.5, 0.6) is 5.75 Å². The number of aryl methyl sites for hydroxylation is 1. The topological polar surface area (TPSA) is 72.0 Å². The maximum atomic E-state index is 7.28. The summed E-state index contributed by atoms with van der Waals surface area (Å²) >= 11 is 1.38. The largest absolute Gasteiger partial charge is 0.486 e. The van der Waals surface area contributed by atoms with Crippen molar-refractivity contribution in [2.24, 2.45) is 5.73 Å². The standard InChI is InChI=1S/C12H13N3OS/c1-8-3-2-4-9(5-8)16-7-11-15-6-10(17-11)12(13)14/h2-6H,7H2,1H3,(H3,13,14). The highest BCUT2D eigenvalue weighted by Crippen LogP contribution is 2.17. The summed E-state index contributed by atoms with van der Waals surface area (Å²) in [6.07, 6.45) is 1.60. The van der Waals surface area contributed by atoms with Crippen LogP contribution in [-0.2, 0) is 6.61 Å². The zero-order chi connectivity index (χ0) is 12.3. The van der Waals surface area contributed by atoms with Crippen LogP contribution in [0.25, 0.3) is 0 Å². The molecular weight excluding hydrogens is 234 g/mol. The molecule has 0 bridgehead atoms. The normalized spacial score (nSPS) is 10.2. The fourth-order valence-electron chi connectivity index (χ4n) is 1.35. The van der Waals surface area contributed by atoms with E-state index in [1.54, 1.807) is 6.20 Å². The molecule has 1 heterocycles. The Morgan fingerprint density at radius 2 is 2.35 bits per heavy atom. The average molecular weight is 247 g/mol. The van der Waals surface area contributed by atoms with Gasteiger partial charge in [0.05, 0.1) is 4.88 Å². The zero-order valence-electron chi connectivity index (χ0n) is 9.43. The van der Waals surface area contributed by atoms with Crippen LogP contribution in [0.2, 0.25) is 0 Å². The molecule has 2 aromatic rings. The van der Waals surface area contributed by atoms with Gasteiger partial charge in [0.1, 0.15) is 23.2 Å². The molecule has 1 aromatic carbocycles. The van der Waals surface area contributed by atoms with E-state index < -0.39 is 0 Å². The molecule has 0 saturated carbocycles. The Balaban J connectivity index is 2.00. The molecule has 1 aromatic heterocycles. The molecule has 0 fully saturated rings. The Kier molecular flexibility index (Phi) is 3.39. The van der Waals surface area contributed by atoms with E-state index in [1.807, 2.05) is 31.2 Å². The van der Waals surface area contributed by atoms with E-state index in [9.17, 15) is 0 Å². The summed E-state index contributed by atoms with van der Waals surface area (Å²) < 4.78 is 5.60. The lowest BCUT2D eigenvalue weighted by Gasteiger charge is -2.04. The molecular formula is C12H13N3OS. The number of thiazole rings is 1. The molecule has 5 heteroatoms. The molecule has 4 nitrogen and oxygen atoms in total. The molecule has 0 aliphatic heterocycles. The minimum Gasteiger partial charge on any atom is -0.486 e. The third-order valence-corrected chi connectivity index (χ3v) is 3.17. The van der Waals surface area contributed by atoms with Gasteiger partial charge in [-0.25, -0.2) is 4.98 Å². The Morgan fingerprint density at radius 1 is 1.53 bits per heavy atom. The van der Waals surface area contributed by atoms with Gasteiger partial charge in [-0.1, -0.05) is 12.1 Å². The summed E-state index contributed by atoms with van der Waals surface area (Å²) in [6.45, 7) is 2.42. The molecule has 0 spiro atoms. The van der Waals surface area contributed by atoms with Gasteiger partial charge in [-0.2, -0.15) is 0 Å². The second-order valence-corrected chi connectivity index (χ2v) is 4.75. The van der Waals surface area contributed by atoms with E-state index in [4.69, 9.17) is 15.9 Å². The van der Waals surface area contributed by atoms with Gasteiger partial charge in [-0.15, -0.1) is 11.3 Å². The van der Waals surface area contributed by atoms with Gasteiger partial charge in [0.2, 0.25) is 0 Å². The van der Waals surface area contributed by atoms with Crippen molar-refractivity contribution in [2.75, 3.05) is 0 Å². The van der Waals surface area contributed by atoms with E-state index in [0.717, 1.165) is 16.3 Å². The molecule has 0 unspecified atom stereocenters. The van der Waals surface area contributed by atoms with Gasteiger partial charge in [-0.3, -0.25) is 5.41 Å². The Bertz CT molecular complexity index is 536. The van der Waals surface area contributed by atoms with Gasteiger partial charge >= 0.3 is 0 Å². The fraction of sp³-hybridized carbons (Fsp3) is 0.167. The summed E-state index contributed by atoms with van der Waals surface area (Å²) in [4.78, 5) is 4.82. The van der Waals surface area contributed by atoms with Crippen LogP contribution in [0.15, 0.2) is 30.5 Å². The van der Waals surface area contributed by atoms with E-state index in [0.29, 0.717) is 11.5 Å². The summed E-state index contributed by atoms with van der Waals surface area (Å²) in [5.41, 5.74) is 6.53. The van der Waals surface area contributed by atoms with Crippen molar-refractivity contribution in [3.63, 3.8) is 0 Å². The first-order valence-corrected chi connectivity index (χ1v) is 5.95. The van der Waals surface area contributed by atoms with Crippen LogP contribution in [0.4, 0.5) is 0 Å². The van der Waals surface area contributed by atoms with Gasteiger partial charge < -0.3 is 10.5 Å². The second-order valence-electron chi connectivity index (χ2n) is 3.64.